The molecule has 1 aliphatic carbocycles. The Morgan fingerprint density at radius 3 is 2.60 bits per heavy atom. The number of aromatic hydroxyl groups is 1. The fourth-order valence-electron chi connectivity index (χ4n) is 5.05. The third kappa shape index (κ3) is 6.43. The van der Waals surface area contributed by atoms with Crippen LogP contribution < -0.4 is 24.8 Å². The lowest BCUT2D eigenvalue weighted by Crippen LogP contribution is -2.45. The van der Waals surface area contributed by atoms with E-state index in [2.05, 4.69) is 10.6 Å². The van der Waals surface area contributed by atoms with Gasteiger partial charge in [0.25, 0.3) is 17.7 Å². The number of amides is 3. The van der Waals surface area contributed by atoms with Gasteiger partial charge >= 0.3 is 0 Å². The quantitative estimate of drug-likeness (QED) is 0.439. The normalized spacial score (nSPS) is 20.5. The van der Waals surface area contributed by atoms with E-state index in [4.69, 9.17) is 14.2 Å². The Kier molecular flexibility index (Phi) is 7.60. The molecule has 2 fully saturated rings. The van der Waals surface area contributed by atoms with Crippen molar-refractivity contribution in [3.8, 4) is 23.0 Å². The van der Waals surface area contributed by atoms with Gasteiger partial charge in [0.15, 0.2) is 6.61 Å². The van der Waals surface area contributed by atoms with Crippen LogP contribution in [-0.2, 0) is 11.3 Å². The first-order valence-corrected chi connectivity index (χ1v) is 14.1. The molecule has 0 aromatic heterocycles. The Morgan fingerprint density at radius 2 is 1.83 bits per heavy atom. The molecule has 3 amide bonds. The predicted molar refractivity (Wildman–Crippen MR) is 153 cm³/mol. The summed E-state index contributed by atoms with van der Waals surface area (Å²) in [5, 5.41) is 15.8. The molecule has 42 heavy (non-hydrogen) atoms. The molecule has 0 spiro atoms. The van der Waals surface area contributed by atoms with Crippen molar-refractivity contribution in [1.29, 1.82) is 0 Å². The SMILES string of the molecule is Cc1cc(C(=O)N2C[C@@H]3NC(=O)c4cc(cc(OCC5CC5)c4)OCC(=O)NCc4ccc(cc4)O[C@H]3C2)ccc1O. The van der Waals surface area contributed by atoms with E-state index in [-0.39, 0.29) is 43.2 Å². The number of hydrogen-bond acceptors (Lipinski definition) is 7. The molecule has 7 rings (SSSR count). The van der Waals surface area contributed by atoms with Crippen LogP contribution >= 0.6 is 0 Å². The van der Waals surface area contributed by atoms with Crippen molar-refractivity contribution in [1.82, 2.24) is 15.5 Å². The van der Waals surface area contributed by atoms with Crippen molar-refractivity contribution >= 4 is 17.7 Å². The number of aryl methyl sites for hydroxylation is 1. The van der Waals surface area contributed by atoms with Gasteiger partial charge in [-0.1, -0.05) is 12.1 Å². The lowest BCUT2D eigenvalue weighted by molar-refractivity contribution is -0.123. The second-order valence-electron chi connectivity index (χ2n) is 11.1. The number of likely N-dealkylation sites (tertiary alicyclic amines) is 1. The molecule has 3 aliphatic heterocycles. The van der Waals surface area contributed by atoms with Crippen LogP contribution in [0.4, 0.5) is 0 Å². The number of hydrogen-bond donors (Lipinski definition) is 3. The van der Waals surface area contributed by atoms with E-state index in [1.54, 1.807) is 54.3 Å². The zero-order chi connectivity index (χ0) is 29.2. The molecule has 4 bridgehead atoms. The van der Waals surface area contributed by atoms with Gasteiger partial charge in [0.1, 0.15) is 29.1 Å². The molecule has 3 aromatic rings. The Hall–Kier alpha value is -4.73. The van der Waals surface area contributed by atoms with Crippen molar-refractivity contribution in [2.45, 2.75) is 38.5 Å². The van der Waals surface area contributed by atoms with E-state index in [9.17, 15) is 19.5 Å². The van der Waals surface area contributed by atoms with E-state index in [0.29, 0.717) is 53.0 Å². The largest absolute Gasteiger partial charge is 0.508 e. The van der Waals surface area contributed by atoms with Crippen LogP contribution in [-0.4, -0.2) is 66.2 Å². The van der Waals surface area contributed by atoms with E-state index in [1.165, 1.54) is 6.07 Å². The molecule has 1 saturated heterocycles. The first-order valence-electron chi connectivity index (χ1n) is 14.1. The Bertz CT molecular complexity index is 1500. The number of ether oxygens (including phenoxy) is 3. The average molecular weight is 572 g/mol. The summed E-state index contributed by atoms with van der Waals surface area (Å²) in [5.41, 5.74) is 2.24. The van der Waals surface area contributed by atoms with E-state index < -0.39 is 12.1 Å². The van der Waals surface area contributed by atoms with Crippen LogP contribution in [0, 0.1) is 12.8 Å². The second kappa shape index (κ2) is 11.6. The maximum Gasteiger partial charge on any atom is 0.258 e. The summed E-state index contributed by atoms with van der Waals surface area (Å²) in [4.78, 5) is 41.1. The van der Waals surface area contributed by atoms with Gasteiger partial charge < -0.3 is 34.9 Å². The van der Waals surface area contributed by atoms with Crippen LogP contribution in [0.3, 0.4) is 0 Å². The van der Waals surface area contributed by atoms with Crippen molar-refractivity contribution in [2.24, 2.45) is 5.92 Å². The molecule has 3 N–H and O–H groups in total. The minimum atomic E-state index is -0.526. The fourth-order valence-corrected chi connectivity index (χ4v) is 5.05. The summed E-state index contributed by atoms with van der Waals surface area (Å²) in [7, 11) is 0. The summed E-state index contributed by atoms with van der Waals surface area (Å²) in [6.07, 6.45) is 1.71. The van der Waals surface area contributed by atoms with Crippen LogP contribution in [0.1, 0.15) is 44.7 Å². The highest BCUT2D eigenvalue weighted by Crippen LogP contribution is 2.31. The number of phenols is 1. The standard InChI is InChI=1S/C32H33N3O7/c1-19-10-22(6-9-28(19)36)32(39)35-15-27-29(16-35)42-24-7-4-20(5-8-24)14-33-30(37)18-41-26-12-23(31(38)34-27)11-25(13-26)40-17-21-2-3-21/h4-13,21,27,29,36H,2-3,14-18H2,1H3,(H,33,37)(H,34,38)/t27-,29-/m0/s1. The molecular weight excluding hydrogens is 538 g/mol. The average Bonchev–Trinajstić information content (AvgIpc) is 3.75. The fraction of sp³-hybridized carbons (Fsp3) is 0.344. The van der Waals surface area contributed by atoms with Gasteiger partial charge in [0, 0.05) is 30.3 Å². The van der Waals surface area contributed by atoms with Crippen LogP contribution in [0.2, 0.25) is 0 Å². The van der Waals surface area contributed by atoms with Gasteiger partial charge in [0.2, 0.25) is 0 Å². The van der Waals surface area contributed by atoms with Gasteiger partial charge in [-0.15, -0.1) is 0 Å². The summed E-state index contributed by atoms with van der Waals surface area (Å²) in [6, 6.07) is 16.4. The first kappa shape index (κ1) is 27.4. The molecule has 10 heteroatoms. The maximum absolute atomic E-state index is 13.6. The van der Waals surface area contributed by atoms with Crippen molar-refractivity contribution in [3.05, 3.63) is 82.9 Å². The van der Waals surface area contributed by atoms with Crippen molar-refractivity contribution < 1.29 is 33.7 Å². The second-order valence-corrected chi connectivity index (χ2v) is 11.1. The molecule has 4 aliphatic rings. The predicted octanol–water partition coefficient (Wildman–Crippen LogP) is 3.20. The number of nitrogens with one attached hydrogen (secondary N) is 2. The van der Waals surface area contributed by atoms with Gasteiger partial charge in [-0.25, -0.2) is 0 Å². The minimum absolute atomic E-state index is 0.119. The lowest BCUT2D eigenvalue weighted by atomic mass is 10.1. The van der Waals surface area contributed by atoms with Gasteiger partial charge in [0.05, 0.1) is 19.2 Å². The molecule has 10 nitrogen and oxygen atoms in total. The number of carbonyl (C=O) groups excluding carboxylic acids is 3. The molecule has 3 aromatic carbocycles. The highest BCUT2D eigenvalue weighted by molar-refractivity contribution is 5.96. The van der Waals surface area contributed by atoms with E-state index >= 15 is 0 Å². The summed E-state index contributed by atoms with van der Waals surface area (Å²) in [5.74, 6) is 1.14. The van der Waals surface area contributed by atoms with E-state index in [1.807, 2.05) is 12.1 Å². The highest BCUT2D eigenvalue weighted by Gasteiger charge is 2.38. The van der Waals surface area contributed by atoms with Crippen LogP contribution in [0.5, 0.6) is 23.0 Å². The smallest absolute Gasteiger partial charge is 0.258 e. The third-order valence-electron chi connectivity index (χ3n) is 7.71. The number of fused-ring (bicyclic) bond motifs is 7. The molecule has 0 radical (unpaired) electrons. The Balaban J connectivity index is 1.29. The summed E-state index contributed by atoms with van der Waals surface area (Å²) in [6.45, 7) is 2.87. The van der Waals surface area contributed by atoms with Gasteiger partial charge in [-0.2, -0.15) is 0 Å². The zero-order valence-electron chi connectivity index (χ0n) is 23.3. The Morgan fingerprint density at radius 1 is 1.02 bits per heavy atom. The van der Waals surface area contributed by atoms with Crippen molar-refractivity contribution in [3.63, 3.8) is 0 Å². The summed E-state index contributed by atoms with van der Waals surface area (Å²) >= 11 is 0. The van der Waals surface area contributed by atoms with Gasteiger partial charge in [-0.05, 0) is 79.3 Å². The molecule has 2 atom stereocenters. The molecule has 0 unspecified atom stereocenters. The monoisotopic (exact) mass is 571 g/mol. The van der Waals surface area contributed by atoms with Crippen LogP contribution in [0.15, 0.2) is 60.7 Å². The van der Waals surface area contributed by atoms with Crippen LogP contribution in [0.25, 0.3) is 0 Å². The molecule has 1 saturated carbocycles. The summed E-state index contributed by atoms with van der Waals surface area (Å²) < 4.78 is 18.0. The molecule has 218 valence electrons. The number of phenolic OH excluding ortho intramolecular Hbond substituents is 1. The molecule has 3 heterocycles. The lowest BCUT2D eigenvalue weighted by Gasteiger charge is -2.21. The van der Waals surface area contributed by atoms with E-state index in [0.717, 1.165) is 18.4 Å². The number of rotatable bonds is 4. The molecular formula is C32H33N3O7. The zero-order valence-corrected chi connectivity index (χ0v) is 23.3. The minimum Gasteiger partial charge on any atom is -0.508 e. The number of carbonyl (C=O) groups is 3. The third-order valence-corrected chi connectivity index (χ3v) is 7.71. The first-order chi connectivity index (χ1) is 20.3. The maximum atomic E-state index is 13.6. The van der Waals surface area contributed by atoms with Crippen molar-refractivity contribution in [2.75, 3.05) is 26.3 Å². The highest BCUT2D eigenvalue weighted by atomic mass is 16.5. The number of nitrogens with zero attached hydrogens (tertiary/aromatic N) is 1. The topological polar surface area (TPSA) is 126 Å². The number of benzene rings is 3. The Labute approximate surface area is 243 Å². The van der Waals surface area contributed by atoms with Gasteiger partial charge in [-0.3, -0.25) is 14.4 Å².